The summed E-state index contributed by atoms with van der Waals surface area (Å²) < 4.78 is 0. The highest BCUT2D eigenvalue weighted by Crippen LogP contribution is 2.15. The summed E-state index contributed by atoms with van der Waals surface area (Å²) in [6, 6.07) is 7.85. The van der Waals surface area contributed by atoms with E-state index in [9.17, 15) is 4.79 Å². The molecular formula is C13H16N6O. The lowest BCUT2D eigenvalue weighted by molar-refractivity contribution is 0.101. The first-order valence-electron chi connectivity index (χ1n) is 6.67. The molecule has 0 saturated carbocycles. The quantitative estimate of drug-likeness (QED) is 0.868. The second kappa shape index (κ2) is 5.79. The number of likely N-dealkylation sites (tertiary alicyclic amines) is 1. The Morgan fingerprint density at radius 1 is 1.25 bits per heavy atom. The predicted octanol–water partition coefficient (Wildman–Crippen LogP) is 1.05. The van der Waals surface area contributed by atoms with Crippen LogP contribution in [0.25, 0.3) is 0 Å². The average Bonchev–Trinajstić information content (AvgIpc) is 3.13. The van der Waals surface area contributed by atoms with E-state index in [1.807, 2.05) is 24.3 Å². The number of carbonyl (C=O) groups excluding carboxylic acids is 1. The fourth-order valence-corrected chi connectivity index (χ4v) is 2.34. The van der Waals surface area contributed by atoms with E-state index in [4.69, 9.17) is 0 Å². The zero-order valence-electron chi connectivity index (χ0n) is 11.0. The minimum atomic E-state index is -0.369. The molecule has 104 valence electrons. The normalized spacial score (nSPS) is 15.4. The number of anilines is 1. The molecular weight excluding hydrogens is 256 g/mol. The Bertz CT molecular complexity index is 559. The van der Waals surface area contributed by atoms with E-state index in [0.29, 0.717) is 0 Å². The molecule has 1 fully saturated rings. The van der Waals surface area contributed by atoms with Gasteiger partial charge in [-0.1, -0.05) is 12.1 Å². The van der Waals surface area contributed by atoms with Gasteiger partial charge in [-0.15, -0.1) is 10.2 Å². The number of nitrogens with one attached hydrogen (secondary N) is 2. The molecule has 1 aliphatic heterocycles. The van der Waals surface area contributed by atoms with Gasteiger partial charge in [0.2, 0.25) is 0 Å². The monoisotopic (exact) mass is 272 g/mol. The van der Waals surface area contributed by atoms with E-state index in [2.05, 4.69) is 30.8 Å². The van der Waals surface area contributed by atoms with Crippen LogP contribution in [0.5, 0.6) is 0 Å². The summed E-state index contributed by atoms with van der Waals surface area (Å²) >= 11 is 0. The lowest BCUT2D eigenvalue weighted by Crippen LogP contribution is -2.18. The third-order valence-electron chi connectivity index (χ3n) is 3.37. The van der Waals surface area contributed by atoms with Crippen molar-refractivity contribution in [3.63, 3.8) is 0 Å². The molecule has 1 aliphatic rings. The molecule has 1 saturated heterocycles. The molecule has 1 aromatic carbocycles. The van der Waals surface area contributed by atoms with Gasteiger partial charge in [0, 0.05) is 12.2 Å². The van der Waals surface area contributed by atoms with Crippen molar-refractivity contribution in [3.8, 4) is 0 Å². The number of amides is 1. The number of H-pyrrole nitrogens is 1. The van der Waals surface area contributed by atoms with Crippen molar-refractivity contribution in [2.45, 2.75) is 19.4 Å². The summed E-state index contributed by atoms with van der Waals surface area (Å²) in [6.45, 7) is 3.33. The van der Waals surface area contributed by atoms with Gasteiger partial charge in [0.15, 0.2) is 0 Å². The van der Waals surface area contributed by atoms with E-state index in [0.717, 1.165) is 12.2 Å². The number of aromatic amines is 1. The summed E-state index contributed by atoms with van der Waals surface area (Å²) in [5.74, 6) is -0.336. The topological polar surface area (TPSA) is 86.8 Å². The van der Waals surface area contributed by atoms with Crippen LogP contribution in [-0.4, -0.2) is 44.5 Å². The molecule has 0 aliphatic carbocycles. The Balaban J connectivity index is 1.59. The van der Waals surface area contributed by atoms with Crippen LogP contribution in [-0.2, 0) is 6.54 Å². The van der Waals surface area contributed by atoms with E-state index in [1.54, 1.807) is 0 Å². The lowest BCUT2D eigenvalue weighted by Gasteiger charge is -2.14. The number of nitrogens with zero attached hydrogens (tertiary/aromatic N) is 4. The SMILES string of the molecule is O=C(Nc1ccc(CN2CCCC2)cc1)c1nn[nH]n1. The van der Waals surface area contributed by atoms with Crippen molar-refractivity contribution in [2.75, 3.05) is 18.4 Å². The fraction of sp³-hybridized carbons (Fsp3) is 0.385. The van der Waals surface area contributed by atoms with Crippen LogP contribution in [0.4, 0.5) is 5.69 Å². The lowest BCUT2D eigenvalue weighted by atomic mass is 10.2. The van der Waals surface area contributed by atoms with E-state index in [1.165, 1.54) is 31.5 Å². The Kier molecular flexibility index (Phi) is 3.69. The molecule has 3 rings (SSSR count). The molecule has 1 amide bonds. The summed E-state index contributed by atoms with van der Waals surface area (Å²) in [5, 5.41) is 15.6. The minimum Gasteiger partial charge on any atom is -0.319 e. The highest BCUT2D eigenvalue weighted by Gasteiger charge is 2.12. The molecule has 20 heavy (non-hydrogen) atoms. The van der Waals surface area contributed by atoms with Gasteiger partial charge < -0.3 is 5.32 Å². The first kappa shape index (κ1) is 12.7. The van der Waals surface area contributed by atoms with Crippen LogP contribution in [0, 0.1) is 0 Å². The maximum atomic E-state index is 11.7. The zero-order chi connectivity index (χ0) is 13.8. The average molecular weight is 272 g/mol. The third kappa shape index (κ3) is 3.00. The Hall–Kier alpha value is -2.28. The molecule has 0 bridgehead atoms. The van der Waals surface area contributed by atoms with Crippen LogP contribution in [0.3, 0.4) is 0 Å². The smallest absolute Gasteiger partial charge is 0.297 e. The van der Waals surface area contributed by atoms with Gasteiger partial charge >= 0.3 is 0 Å². The van der Waals surface area contributed by atoms with Crippen LogP contribution >= 0.6 is 0 Å². The van der Waals surface area contributed by atoms with Crippen molar-refractivity contribution >= 4 is 11.6 Å². The first-order chi connectivity index (χ1) is 9.81. The standard InChI is InChI=1S/C13H16N6O/c20-13(12-15-17-18-16-12)14-11-5-3-10(4-6-11)9-19-7-1-2-8-19/h3-6H,1-2,7-9H2,(H,14,20)(H,15,16,17,18). The molecule has 2 N–H and O–H groups in total. The molecule has 0 unspecified atom stereocenters. The first-order valence-corrected chi connectivity index (χ1v) is 6.67. The number of carbonyl (C=O) groups is 1. The molecule has 0 radical (unpaired) electrons. The summed E-state index contributed by atoms with van der Waals surface area (Å²) in [6.07, 6.45) is 2.58. The van der Waals surface area contributed by atoms with Crippen molar-refractivity contribution in [2.24, 2.45) is 0 Å². The van der Waals surface area contributed by atoms with Gasteiger partial charge in [0.05, 0.1) is 0 Å². The summed E-state index contributed by atoms with van der Waals surface area (Å²) in [5.41, 5.74) is 1.98. The molecule has 0 atom stereocenters. The Morgan fingerprint density at radius 3 is 2.65 bits per heavy atom. The molecule has 2 aromatic rings. The molecule has 7 nitrogen and oxygen atoms in total. The molecule has 1 aromatic heterocycles. The van der Waals surface area contributed by atoms with Gasteiger partial charge in [0.25, 0.3) is 11.7 Å². The molecule has 0 spiro atoms. The number of aromatic nitrogens is 4. The van der Waals surface area contributed by atoms with Crippen LogP contribution in [0.2, 0.25) is 0 Å². The Morgan fingerprint density at radius 2 is 2.00 bits per heavy atom. The maximum Gasteiger partial charge on any atom is 0.297 e. The van der Waals surface area contributed by atoms with Crippen molar-refractivity contribution < 1.29 is 4.79 Å². The van der Waals surface area contributed by atoms with E-state index < -0.39 is 0 Å². The van der Waals surface area contributed by atoms with Crippen LogP contribution in [0.15, 0.2) is 24.3 Å². The van der Waals surface area contributed by atoms with Crippen molar-refractivity contribution in [1.29, 1.82) is 0 Å². The van der Waals surface area contributed by atoms with Gasteiger partial charge in [-0.3, -0.25) is 9.69 Å². The number of tetrazole rings is 1. The fourth-order valence-electron chi connectivity index (χ4n) is 2.34. The number of benzene rings is 1. The highest BCUT2D eigenvalue weighted by molar-refractivity contribution is 6.01. The van der Waals surface area contributed by atoms with E-state index >= 15 is 0 Å². The second-order valence-electron chi connectivity index (χ2n) is 4.87. The maximum absolute atomic E-state index is 11.7. The van der Waals surface area contributed by atoms with Crippen molar-refractivity contribution in [3.05, 3.63) is 35.7 Å². The van der Waals surface area contributed by atoms with Crippen LogP contribution in [0.1, 0.15) is 29.0 Å². The summed E-state index contributed by atoms with van der Waals surface area (Å²) in [4.78, 5) is 14.2. The molecule has 2 heterocycles. The zero-order valence-corrected chi connectivity index (χ0v) is 11.0. The van der Waals surface area contributed by atoms with Gasteiger partial charge in [-0.05, 0) is 48.8 Å². The predicted molar refractivity (Wildman–Crippen MR) is 73.1 cm³/mol. The van der Waals surface area contributed by atoms with Gasteiger partial charge in [-0.2, -0.15) is 5.21 Å². The van der Waals surface area contributed by atoms with Gasteiger partial charge in [0.1, 0.15) is 0 Å². The second-order valence-corrected chi connectivity index (χ2v) is 4.87. The summed E-state index contributed by atoms with van der Waals surface area (Å²) in [7, 11) is 0. The number of hydrogen-bond donors (Lipinski definition) is 2. The largest absolute Gasteiger partial charge is 0.319 e. The minimum absolute atomic E-state index is 0.0335. The third-order valence-corrected chi connectivity index (χ3v) is 3.37. The number of rotatable bonds is 4. The van der Waals surface area contributed by atoms with E-state index in [-0.39, 0.29) is 11.7 Å². The van der Waals surface area contributed by atoms with Crippen LogP contribution < -0.4 is 5.32 Å². The molecule has 7 heteroatoms. The number of hydrogen-bond acceptors (Lipinski definition) is 5. The van der Waals surface area contributed by atoms with Gasteiger partial charge in [-0.25, -0.2) is 0 Å². The highest BCUT2D eigenvalue weighted by atomic mass is 16.2. The van der Waals surface area contributed by atoms with Crippen molar-refractivity contribution in [1.82, 2.24) is 25.5 Å². The Labute approximate surface area is 116 Å².